The van der Waals surface area contributed by atoms with Crippen molar-refractivity contribution in [3.8, 4) is 0 Å². The monoisotopic (exact) mass is 277 g/mol. The number of carbonyl (C=O) groups is 1. The lowest BCUT2D eigenvalue weighted by atomic mass is 10.4. The van der Waals surface area contributed by atoms with Crippen LogP contribution in [-0.4, -0.2) is 53.0 Å². The van der Waals surface area contributed by atoms with E-state index in [4.69, 9.17) is 0 Å². The summed E-state index contributed by atoms with van der Waals surface area (Å²) in [5, 5.41) is 5.95. The second-order valence-electron chi connectivity index (χ2n) is 4.94. The van der Waals surface area contributed by atoms with Crippen molar-refractivity contribution >= 4 is 11.7 Å². The standard InChI is InChI=1S/C14H23N5O/c1-3-16-13-10-15-9-12(18-13)14(20)17-7-8-19(4-2)11-5-6-11/h9-11H,3-8H2,1-2H3,(H,16,18)(H,17,20). The maximum Gasteiger partial charge on any atom is 0.271 e. The van der Waals surface area contributed by atoms with Gasteiger partial charge in [-0.3, -0.25) is 14.7 Å². The summed E-state index contributed by atoms with van der Waals surface area (Å²) >= 11 is 0. The van der Waals surface area contributed by atoms with Crippen molar-refractivity contribution < 1.29 is 4.79 Å². The van der Waals surface area contributed by atoms with Crippen molar-refractivity contribution in [1.29, 1.82) is 0 Å². The first kappa shape index (κ1) is 14.7. The fourth-order valence-corrected chi connectivity index (χ4v) is 2.18. The molecule has 1 aliphatic rings. The van der Waals surface area contributed by atoms with Gasteiger partial charge in [0, 0.05) is 25.7 Å². The Labute approximate surface area is 120 Å². The van der Waals surface area contributed by atoms with Crippen LogP contribution in [0.5, 0.6) is 0 Å². The molecule has 1 saturated carbocycles. The van der Waals surface area contributed by atoms with Gasteiger partial charge in [0.15, 0.2) is 0 Å². The topological polar surface area (TPSA) is 70.2 Å². The van der Waals surface area contributed by atoms with Crippen molar-refractivity contribution in [2.24, 2.45) is 0 Å². The highest BCUT2D eigenvalue weighted by Crippen LogP contribution is 2.25. The lowest BCUT2D eigenvalue weighted by molar-refractivity contribution is 0.0942. The molecule has 0 radical (unpaired) electrons. The van der Waals surface area contributed by atoms with E-state index in [0.717, 1.165) is 25.7 Å². The highest BCUT2D eigenvalue weighted by atomic mass is 16.1. The molecule has 0 atom stereocenters. The molecule has 0 aliphatic heterocycles. The summed E-state index contributed by atoms with van der Waals surface area (Å²) in [4.78, 5) is 22.7. The molecule has 0 unspecified atom stereocenters. The van der Waals surface area contributed by atoms with Gasteiger partial charge in [-0.25, -0.2) is 4.98 Å². The highest BCUT2D eigenvalue weighted by Gasteiger charge is 2.27. The fraction of sp³-hybridized carbons (Fsp3) is 0.643. The SMILES string of the molecule is CCNc1cncc(C(=O)NCCN(CC)C2CC2)n1. The summed E-state index contributed by atoms with van der Waals surface area (Å²) < 4.78 is 0. The smallest absolute Gasteiger partial charge is 0.271 e. The molecule has 6 heteroatoms. The maximum absolute atomic E-state index is 12.0. The zero-order valence-corrected chi connectivity index (χ0v) is 12.2. The highest BCUT2D eigenvalue weighted by molar-refractivity contribution is 5.92. The number of hydrogen-bond donors (Lipinski definition) is 2. The van der Waals surface area contributed by atoms with E-state index in [1.165, 1.54) is 19.0 Å². The Morgan fingerprint density at radius 1 is 1.40 bits per heavy atom. The summed E-state index contributed by atoms with van der Waals surface area (Å²) in [6.07, 6.45) is 5.69. The predicted octanol–water partition coefficient (Wildman–Crippen LogP) is 1.12. The molecule has 110 valence electrons. The van der Waals surface area contributed by atoms with Gasteiger partial charge in [0.1, 0.15) is 11.5 Å². The molecule has 0 saturated heterocycles. The van der Waals surface area contributed by atoms with Crippen LogP contribution in [0.4, 0.5) is 5.82 Å². The molecule has 20 heavy (non-hydrogen) atoms. The molecular weight excluding hydrogens is 254 g/mol. The predicted molar refractivity (Wildman–Crippen MR) is 78.8 cm³/mol. The molecule has 0 spiro atoms. The quantitative estimate of drug-likeness (QED) is 0.745. The third-order valence-corrected chi connectivity index (χ3v) is 3.38. The Bertz CT molecular complexity index is 447. The summed E-state index contributed by atoms with van der Waals surface area (Å²) in [6.45, 7) is 7.48. The summed E-state index contributed by atoms with van der Waals surface area (Å²) in [5.74, 6) is 0.470. The Kier molecular flexibility index (Phi) is 5.29. The fourth-order valence-electron chi connectivity index (χ4n) is 2.18. The zero-order chi connectivity index (χ0) is 14.4. The molecular formula is C14H23N5O. The van der Waals surface area contributed by atoms with Crippen molar-refractivity contribution in [1.82, 2.24) is 20.2 Å². The van der Waals surface area contributed by atoms with Crippen LogP contribution in [0.25, 0.3) is 0 Å². The average Bonchev–Trinajstić information content (AvgIpc) is 3.29. The number of amides is 1. The van der Waals surface area contributed by atoms with E-state index in [1.54, 1.807) is 6.20 Å². The molecule has 1 aliphatic carbocycles. The second-order valence-corrected chi connectivity index (χ2v) is 4.94. The largest absolute Gasteiger partial charge is 0.369 e. The van der Waals surface area contributed by atoms with E-state index in [9.17, 15) is 4.79 Å². The molecule has 2 rings (SSSR count). The van der Waals surface area contributed by atoms with Gasteiger partial charge < -0.3 is 10.6 Å². The van der Waals surface area contributed by atoms with Gasteiger partial charge in [0.25, 0.3) is 5.91 Å². The van der Waals surface area contributed by atoms with E-state index < -0.39 is 0 Å². The van der Waals surface area contributed by atoms with E-state index in [-0.39, 0.29) is 5.91 Å². The van der Waals surface area contributed by atoms with Crippen LogP contribution in [0.3, 0.4) is 0 Å². The van der Waals surface area contributed by atoms with Crippen LogP contribution >= 0.6 is 0 Å². The number of likely N-dealkylation sites (N-methyl/N-ethyl adjacent to an activating group) is 1. The van der Waals surface area contributed by atoms with Crippen molar-refractivity contribution in [3.63, 3.8) is 0 Å². The number of aromatic nitrogens is 2. The number of nitrogens with zero attached hydrogens (tertiary/aromatic N) is 3. The van der Waals surface area contributed by atoms with Gasteiger partial charge in [-0.1, -0.05) is 6.92 Å². The number of anilines is 1. The summed E-state index contributed by atoms with van der Waals surface area (Å²) in [7, 11) is 0. The van der Waals surface area contributed by atoms with Gasteiger partial charge in [-0.05, 0) is 26.3 Å². The number of hydrogen-bond acceptors (Lipinski definition) is 5. The van der Waals surface area contributed by atoms with Crippen molar-refractivity contribution in [2.45, 2.75) is 32.7 Å². The third-order valence-electron chi connectivity index (χ3n) is 3.38. The van der Waals surface area contributed by atoms with E-state index >= 15 is 0 Å². The molecule has 1 fully saturated rings. The molecule has 6 nitrogen and oxygen atoms in total. The third kappa shape index (κ3) is 4.16. The molecule has 0 bridgehead atoms. The van der Waals surface area contributed by atoms with Gasteiger partial charge in [0.05, 0.1) is 12.4 Å². The molecule has 1 aromatic rings. The van der Waals surface area contributed by atoms with Crippen LogP contribution < -0.4 is 10.6 Å². The first-order chi connectivity index (χ1) is 9.74. The lowest BCUT2D eigenvalue weighted by Gasteiger charge is -2.19. The van der Waals surface area contributed by atoms with Crippen molar-refractivity contribution in [3.05, 3.63) is 18.1 Å². The minimum absolute atomic E-state index is 0.163. The summed E-state index contributed by atoms with van der Waals surface area (Å²) in [6, 6.07) is 0.730. The zero-order valence-electron chi connectivity index (χ0n) is 12.2. The van der Waals surface area contributed by atoms with Crippen LogP contribution in [-0.2, 0) is 0 Å². The first-order valence-electron chi connectivity index (χ1n) is 7.32. The van der Waals surface area contributed by atoms with Gasteiger partial charge >= 0.3 is 0 Å². The Balaban J connectivity index is 1.80. The van der Waals surface area contributed by atoms with Gasteiger partial charge in [0.2, 0.25) is 0 Å². The van der Waals surface area contributed by atoms with Gasteiger partial charge in [-0.2, -0.15) is 0 Å². The Morgan fingerprint density at radius 2 is 2.20 bits per heavy atom. The van der Waals surface area contributed by atoms with Crippen LogP contribution in [0.1, 0.15) is 37.2 Å². The molecule has 1 heterocycles. The van der Waals surface area contributed by atoms with Crippen molar-refractivity contribution in [2.75, 3.05) is 31.5 Å². The van der Waals surface area contributed by atoms with E-state index in [1.807, 2.05) is 6.92 Å². The van der Waals surface area contributed by atoms with E-state index in [2.05, 4.69) is 32.4 Å². The van der Waals surface area contributed by atoms with Gasteiger partial charge in [-0.15, -0.1) is 0 Å². The molecule has 0 aromatic carbocycles. The first-order valence-corrected chi connectivity index (χ1v) is 7.32. The average molecular weight is 277 g/mol. The summed E-state index contributed by atoms with van der Waals surface area (Å²) in [5.41, 5.74) is 0.359. The molecule has 1 aromatic heterocycles. The molecule has 2 N–H and O–H groups in total. The maximum atomic E-state index is 12.0. The molecule has 1 amide bonds. The minimum Gasteiger partial charge on any atom is -0.369 e. The Hall–Kier alpha value is -1.69. The van der Waals surface area contributed by atoms with E-state index in [0.29, 0.717) is 18.1 Å². The Morgan fingerprint density at radius 3 is 2.85 bits per heavy atom. The second kappa shape index (κ2) is 7.19. The number of carbonyl (C=O) groups excluding carboxylic acids is 1. The van der Waals surface area contributed by atoms with Crippen LogP contribution in [0.2, 0.25) is 0 Å². The van der Waals surface area contributed by atoms with Crippen LogP contribution in [0, 0.1) is 0 Å². The minimum atomic E-state index is -0.163. The van der Waals surface area contributed by atoms with Crippen LogP contribution in [0.15, 0.2) is 12.4 Å². The lowest BCUT2D eigenvalue weighted by Crippen LogP contribution is -2.36. The normalized spacial score (nSPS) is 14.3. The number of nitrogens with one attached hydrogen (secondary N) is 2. The number of rotatable bonds is 8.